The fraction of sp³-hybridized carbons (Fsp3) is 0.286. The normalized spacial score (nSPS) is 12.4. The van der Waals surface area contributed by atoms with E-state index in [2.05, 4.69) is 5.10 Å². The molecule has 0 unspecified atom stereocenters. The van der Waals surface area contributed by atoms with Gasteiger partial charge in [-0.3, -0.25) is 4.79 Å². The summed E-state index contributed by atoms with van der Waals surface area (Å²) in [6, 6.07) is 6.22. The van der Waals surface area contributed by atoms with Gasteiger partial charge in [0.25, 0.3) is 5.56 Å². The van der Waals surface area contributed by atoms with Crippen molar-refractivity contribution < 1.29 is 21.6 Å². The molecule has 2 aromatic rings. The number of benzene rings is 1. The van der Waals surface area contributed by atoms with Gasteiger partial charge in [0.1, 0.15) is 5.56 Å². The Hall–Kier alpha value is -2.16. The number of halogens is 3. The molecule has 0 spiro atoms. The van der Waals surface area contributed by atoms with E-state index in [0.29, 0.717) is 16.3 Å². The van der Waals surface area contributed by atoms with E-state index < -0.39 is 27.1 Å². The Morgan fingerprint density at radius 3 is 2.22 bits per heavy atom. The topological polar surface area (TPSA) is 69.0 Å². The fourth-order valence-electron chi connectivity index (χ4n) is 2.00. The molecule has 1 heterocycles. The molecule has 0 N–H and O–H groups in total. The smallest absolute Gasteiger partial charge is 0.267 e. The number of aryl methyl sites for hydroxylation is 1. The largest absolute Gasteiger partial charge is 0.421 e. The van der Waals surface area contributed by atoms with Crippen LogP contribution in [-0.2, 0) is 22.6 Å². The maximum absolute atomic E-state index is 12.8. The first-order valence-corrected chi connectivity index (χ1v) is 8.32. The molecule has 0 bridgehead atoms. The summed E-state index contributed by atoms with van der Waals surface area (Å²) in [5.41, 5.74) is -2.00. The van der Waals surface area contributed by atoms with Gasteiger partial charge in [0.05, 0.1) is 17.1 Å². The molecular weight excluding hydrogens is 333 g/mol. The van der Waals surface area contributed by atoms with E-state index in [1.165, 1.54) is 31.2 Å². The highest BCUT2D eigenvalue weighted by atomic mass is 32.2. The van der Waals surface area contributed by atoms with Gasteiger partial charge >= 0.3 is 6.18 Å². The molecule has 0 radical (unpaired) electrons. The molecule has 0 saturated carbocycles. The van der Waals surface area contributed by atoms with Crippen molar-refractivity contribution in [2.24, 2.45) is 0 Å². The van der Waals surface area contributed by atoms with Crippen molar-refractivity contribution in [2.45, 2.75) is 24.5 Å². The van der Waals surface area contributed by atoms with Crippen LogP contribution in [0.4, 0.5) is 13.2 Å². The zero-order valence-corrected chi connectivity index (χ0v) is 13.1. The van der Waals surface area contributed by atoms with Crippen LogP contribution in [0.5, 0.6) is 0 Å². The maximum Gasteiger partial charge on any atom is 0.421 e. The number of hydrogen-bond acceptors (Lipinski definition) is 4. The maximum atomic E-state index is 12.8. The van der Waals surface area contributed by atoms with Crippen molar-refractivity contribution in [3.63, 3.8) is 0 Å². The molecule has 1 aromatic carbocycles. The van der Waals surface area contributed by atoms with Crippen molar-refractivity contribution >= 4 is 9.84 Å². The Bertz CT molecular complexity index is 885. The van der Waals surface area contributed by atoms with E-state index >= 15 is 0 Å². The van der Waals surface area contributed by atoms with E-state index in [1.807, 2.05) is 0 Å². The minimum atomic E-state index is -4.76. The van der Waals surface area contributed by atoms with Crippen LogP contribution in [-0.4, -0.2) is 24.5 Å². The fourth-order valence-corrected chi connectivity index (χ4v) is 2.63. The van der Waals surface area contributed by atoms with Crippen molar-refractivity contribution in [3.05, 3.63) is 57.5 Å². The summed E-state index contributed by atoms with van der Waals surface area (Å²) in [7, 11) is -3.37. The molecule has 5 nitrogen and oxygen atoms in total. The van der Waals surface area contributed by atoms with E-state index in [4.69, 9.17) is 0 Å². The van der Waals surface area contributed by atoms with Crippen molar-refractivity contribution in [2.75, 3.05) is 6.26 Å². The Balaban J connectivity index is 2.41. The van der Waals surface area contributed by atoms with Crippen molar-refractivity contribution in [1.29, 1.82) is 0 Å². The van der Waals surface area contributed by atoms with Crippen LogP contribution in [0.25, 0.3) is 0 Å². The van der Waals surface area contributed by atoms with Crippen molar-refractivity contribution in [3.8, 4) is 0 Å². The summed E-state index contributed by atoms with van der Waals surface area (Å²) in [5.74, 6) is 0. The summed E-state index contributed by atoms with van der Waals surface area (Å²) in [6.07, 6.45) is -3.71. The third-order valence-electron chi connectivity index (χ3n) is 3.09. The minimum absolute atomic E-state index is 0.0599. The number of nitrogens with zero attached hydrogens (tertiary/aromatic N) is 2. The van der Waals surface area contributed by atoms with Crippen LogP contribution in [0.15, 0.2) is 40.0 Å². The summed E-state index contributed by atoms with van der Waals surface area (Å²) in [6.45, 7) is 1.17. The van der Waals surface area contributed by atoms with Crippen molar-refractivity contribution in [1.82, 2.24) is 9.78 Å². The molecule has 0 aliphatic heterocycles. The molecular formula is C14H13F3N2O3S. The lowest BCUT2D eigenvalue weighted by atomic mass is 10.2. The highest BCUT2D eigenvalue weighted by molar-refractivity contribution is 7.90. The first-order valence-electron chi connectivity index (χ1n) is 6.43. The lowest BCUT2D eigenvalue weighted by Crippen LogP contribution is -2.31. The van der Waals surface area contributed by atoms with Gasteiger partial charge < -0.3 is 0 Å². The number of sulfone groups is 1. The first-order chi connectivity index (χ1) is 10.5. The van der Waals surface area contributed by atoms with Gasteiger partial charge in [-0.2, -0.15) is 18.3 Å². The second-order valence-corrected chi connectivity index (χ2v) is 7.09. The number of alkyl halides is 3. The van der Waals surface area contributed by atoms with Crippen LogP contribution < -0.4 is 5.56 Å². The summed E-state index contributed by atoms with van der Waals surface area (Å²) in [5, 5.41) is 3.80. The molecule has 0 saturated heterocycles. The van der Waals surface area contributed by atoms with Gasteiger partial charge in [-0.1, -0.05) is 12.1 Å². The molecule has 9 heteroatoms. The Kier molecular flexibility index (Phi) is 4.34. The van der Waals surface area contributed by atoms with E-state index in [9.17, 15) is 26.4 Å². The molecule has 0 aliphatic carbocycles. The van der Waals surface area contributed by atoms with Gasteiger partial charge in [-0.15, -0.1) is 0 Å². The number of aromatic nitrogens is 2. The van der Waals surface area contributed by atoms with Crippen LogP contribution in [0.2, 0.25) is 0 Å². The predicted molar refractivity (Wildman–Crippen MR) is 76.9 cm³/mol. The Morgan fingerprint density at radius 2 is 1.74 bits per heavy atom. The zero-order chi connectivity index (χ0) is 17.4. The molecule has 0 atom stereocenters. The van der Waals surface area contributed by atoms with Gasteiger partial charge in [-0.05, 0) is 30.7 Å². The van der Waals surface area contributed by atoms with Gasteiger partial charge in [0.2, 0.25) is 0 Å². The monoisotopic (exact) mass is 346 g/mol. The van der Waals surface area contributed by atoms with Gasteiger partial charge in [0.15, 0.2) is 9.84 Å². The van der Waals surface area contributed by atoms with Gasteiger partial charge in [-0.25, -0.2) is 13.1 Å². The third kappa shape index (κ3) is 3.98. The molecule has 0 amide bonds. The van der Waals surface area contributed by atoms with Crippen LogP contribution in [0.3, 0.4) is 0 Å². The standard InChI is InChI=1S/C14H13F3N2O3S/c1-9-7-12(14(15,16)17)13(20)19(18-9)8-10-3-5-11(6-4-10)23(2,21)22/h3-7H,8H2,1-2H3. The van der Waals surface area contributed by atoms with Crippen LogP contribution >= 0.6 is 0 Å². The Labute approximate surface area is 130 Å². The first kappa shape index (κ1) is 17.2. The lowest BCUT2D eigenvalue weighted by molar-refractivity contribution is -0.139. The quantitative estimate of drug-likeness (QED) is 0.853. The second-order valence-electron chi connectivity index (χ2n) is 5.08. The molecule has 0 fully saturated rings. The lowest BCUT2D eigenvalue weighted by Gasteiger charge is -2.11. The SMILES string of the molecule is Cc1cc(C(F)(F)F)c(=O)n(Cc2ccc(S(C)(=O)=O)cc2)n1. The average Bonchev–Trinajstić information content (AvgIpc) is 2.41. The number of hydrogen-bond donors (Lipinski definition) is 0. The minimum Gasteiger partial charge on any atom is -0.267 e. The summed E-state index contributed by atoms with van der Waals surface area (Å²) in [4.78, 5) is 12.0. The molecule has 23 heavy (non-hydrogen) atoms. The molecule has 0 aliphatic rings. The Morgan fingerprint density at radius 1 is 1.17 bits per heavy atom. The van der Waals surface area contributed by atoms with E-state index in [-0.39, 0.29) is 17.1 Å². The predicted octanol–water partition coefficient (Wildman–Crippen LogP) is 2.02. The van der Waals surface area contributed by atoms with Crippen LogP contribution in [0.1, 0.15) is 16.8 Å². The van der Waals surface area contributed by atoms with Crippen LogP contribution in [0, 0.1) is 6.92 Å². The van der Waals surface area contributed by atoms with E-state index in [1.54, 1.807) is 0 Å². The molecule has 1 aromatic heterocycles. The third-order valence-corrected chi connectivity index (χ3v) is 4.21. The second kappa shape index (κ2) is 5.80. The number of rotatable bonds is 3. The van der Waals surface area contributed by atoms with E-state index in [0.717, 1.165) is 6.26 Å². The van der Waals surface area contributed by atoms with Gasteiger partial charge in [0, 0.05) is 6.26 Å². The zero-order valence-electron chi connectivity index (χ0n) is 12.3. The summed E-state index contributed by atoms with van der Waals surface area (Å²) < 4.78 is 61.9. The highest BCUT2D eigenvalue weighted by Gasteiger charge is 2.35. The summed E-state index contributed by atoms with van der Waals surface area (Å²) >= 11 is 0. The highest BCUT2D eigenvalue weighted by Crippen LogP contribution is 2.26. The molecule has 124 valence electrons. The molecule has 2 rings (SSSR count). The average molecular weight is 346 g/mol.